The maximum absolute atomic E-state index is 13.2. The molecular weight excluding hydrogens is 305 g/mol. The molecule has 0 spiro atoms. The van der Waals surface area contributed by atoms with Gasteiger partial charge in [-0.05, 0) is 24.3 Å². The molecule has 116 valence electrons. The largest absolute Gasteiger partial charge is 0.439 e. The van der Waals surface area contributed by atoms with Crippen molar-refractivity contribution in [3.05, 3.63) is 78.7 Å². The van der Waals surface area contributed by atoms with E-state index in [2.05, 4.69) is 15.0 Å². The van der Waals surface area contributed by atoms with Gasteiger partial charge >= 0.3 is 0 Å². The van der Waals surface area contributed by atoms with Gasteiger partial charge in [-0.25, -0.2) is 19.3 Å². The smallest absolute Gasteiger partial charge is 0.219 e. The van der Waals surface area contributed by atoms with Gasteiger partial charge in [0.25, 0.3) is 0 Å². The summed E-state index contributed by atoms with van der Waals surface area (Å²) in [5.74, 6) is 0.897. The molecule has 0 aliphatic carbocycles. The van der Waals surface area contributed by atoms with Crippen LogP contribution in [0, 0.1) is 5.82 Å². The van der Waals surface area contributed by atoms with E-state index in [0.717, 1.165) is 10.9 Å². The second-order valence-corrected chi connectivity index (χ2v) is 5.17. The average molecular weight is 317 g/mol. The number of halogens is 1. The highest BCUT2D eigenvalue weighted by atomic mass is 19.1. The molecule has 0 unspecified atom stereocenters. The second-order valence-electron chi connectivity index (χ2n) is 5.17. The van der Waals surface area contributed by atoms with Crippen molar-refractivity contribution in [3.8, 4) is 23.1 Å². The van der Waals surface area contributed by atoms with Crippen molar-refractivity contribution in [1.29, 1.82) is 0 Å². The summed E-state index contributed by atoms with van der Waals surface area (Å²) in [7, 11) is 0. The van der Waals surface area contributed by atoms with E-state index in [1.165, 1.54) is 12.1 Å². The van der Waals surface area contributed by atoms with Crippen LogP contribution in [0.15, 0.2) is 72.9 Å². The van der Waals surface area contributed by atoms with Gasteiger partial charge in [0.05, 0.1) is 5.52 Å². The Morgan fingerprint density at radius 1 is 0.833 bits per heavy atom. The summed E-state index contributed by atoms with van der Waals surface area (Å²) in [6.07, 6.45) is 1.76. The van der Waals surface area contributed by atoms with E-state index in [1.807, 2.05) is 30.3 Å². The minimum absolute atomic E-state index is 0.356. The number of nitrogens with zero attached hydrogens (tertiary/aromatic N) is 3. The van der Waals surface area contributed by atoms with Crippen LogP contribution in [0.4, 0.5) is 4.39 Å². The Hall–Kier alpha value is -3.34. The average Bonchev–Trinajstić information content (AvgIpc) is 2.61. The molecule has 2 aromatic carbocycles. The zero-order valence-corrected chi connectivity index (χ0v) is 12.6. The fourth-order valence-corrected chi connectivity index (χ4v) is 2.34. The SMILES string of the molecule is Fc1cccc(Oc2cccc(-c3ncc4ccccc4n3)n2)c1. The van der Waals surface area contributed by atoms with Gasteiger partial charge in [-0.2, -0.15) is 0 Å². The highest BCUT2D eigenvalue weighted by Crippen LogP contribution is 2.23. The summed E-state index contributed by atoms with van der Waals surface area (Å²) in [5, 5.41) is 0.966. The maximum Gasteiger partial charge on any atom is 0.219 e. The van der Waals surface area contributed by atoms with Gasteiger partial charge in [-0.3, -0.25) is 0 Å². The molecule has 0 aliphatic rings. The van der Waals surface area contributed by atoms with Crippen molar-refractivity contribution in [2.45, 2.75) is 0 Å². The van der Waals surface area contributed by atoms with Crippen molar-refractivity contribution < 1.29 is 9.13 Å². The van der Waals surface area contributed by atoms with Gasteiger partial charge in [-0.1, -0.05) is 30.3 Å². The van der Waals surface area contributed by atoms with Gasteiger partial charge in [0, 0.05) is 23.7 Å². The van der Waals surface area contributed by atoms with Crippen LogP contribution in [0.25, 0.3) is 22.4 Å². The van der Waals surface area contributed by atoms with E-state index in [-0.39, 0.29) is 5.82 Å². The number of hydrogen-bond donors (Lipinski definition) is 0. The molecule has 4 aromatic rings. The van der Waals surface area contributed by atoms with Crippen LogP contribution < -0.4 is 4.74 Å². The van der Waals surface area contributed by atoms with E-state index < -0.39 is 0 Å². The number of benzene rings is 2. The fraction of sp³-hybridized carbons (Fsp3) is 0. The first-order valence-corrected chi connectivity index (χ1v) is 7.40. The summed E-state index contributed by atoms with van der Waals surface area (Å²) < 4.78 is 18.8. The lowest BCUT2D eigenvalue weighted by atomic mass is 10.2. The van der Waals surface area contributed by atoms with Gasteiger partial charge in [0.15, 0.2) is 5.82 Å². The molecule has 24 heavy (non-hydrogen) atoms. The third-order valence-electron chi connectivity index (χ3n) is 3.46. The molecule has 2 aromatic heterocycles. The summed E-state index contributed by atoms with van der Waals surface area (Å²) in [6, 6.07) is 19.0. The Labute approximate surface area is 137 Å². The molecule has 0 bridgehead atoms. The number of hydrogen-bond acceptors (Lipinski definition) is 4. The number of pyridine rings is 1. The highest BCUT2D eigenvalue weighted by Gasteiger charge is 2.07. The lowest BCUT2D eigenvalue weighted by Gasteiger charge is -2.06. The molecule has 0 atom stereocenters. The molecule has 0 saturated heterocycles. The van der Waals surface area contributed by atoms with Crippen LogP contribution in [0.5, 0.6) is 11.6 Å². The normalized spacial score (nSPS) is 10.7. The third-order valence-corrected chi connectivity index (χ3v) is 3.46. The van der Waals surface area contributed by atoms with Gasteiger partial charge < -0.3 is 4.74 Å². The van der Waals surface area contributed by atoms with E-state index in [9.17, 15) is 4.39 Å². The monoisotopic (exact) mass is 317 g/mol. The topological polar surface area (TPSA) is 47.9 Å². The zero-order valence-electron chi connectivity index (χ0n) is 12.6. The van der Waals surface area contributed by atoms with Crippen LogP contribution >= 0.6 is 0 Å². The highest BCUT2D eigenvalue weighted by molar-refractivity contribution is 5.79. The van der Waals surface area contributed by atoms with Gasteiger partial charge in [0.2, 0.25) is 5.88 Å². The number of ether oxygens (including phenoxy) is 1. The first-order chi connectivity index (χ1) is 11.8. The number of aromatic nitrogens is 3. The molecule has 5 heteroatoms. The Morgan fingerprint density at radius 3 is 2.62 bits per heavy atom. The molecule has 4 rings (SSSR count). The summed E-state index contributed by atoms with van der Waals surface area (Å²) in [4.78, 5) is 13.3. The van der Waals surface area contributed by atoms with Crippen LogP contribution in [-0.2, 0) is 0 Å². The number of para-hydroxylation sites is 1. The standard InChI is InChI=1S/C19H12FN3O/c20-14-6-3-7-15(11-14)24-18-10-4-9-17(22-18)19-21-12-13-5-1-2-8-16(13)23-19/h1-12H. The van der Waals surface area contributed by atoms with E-state index in [0.29, 0.717) is 23.1 Å². The maximum atomic E-state index is 13.2. The van der Waals surface area contributed by atoms with Gasteiger partial charge in [-0.15, -0.1) is 0 Å². The fourth-order valence-electron chi connectivity index (χ4n) is 2.34. The van der Waals surface area contributed by atoms with Crippen LogP contribution in [0.1, 0.15) is 0 Å². The number of rotatable bonds is 3. The van der Waals surface area contributed by atoms with Crippen LogP contribution in [0.3, 0.4) is 0 Å². The molecule has 0 amide bonds. The van der Waals surface area contributed by atoms with Crippen molar-refractivity contribution in [3.63, 3.8) is 0 Å². The summed E-state index contributed by atoms with van der Waals surface area (Å²) in [5.41, 5.74) is 1.44. The lowest BCUT2D eigenvalue weighted by molar-refractivity contribution is 0.458. The summed E-state index contributed by atoms with van der Waals surface area (Å²) in [6.45, 7) is 0. The molecule has 2 heterocycles. The molecule has 0 fully saturated rings. The van der Waals surface area contributed by atoms with E-state index >= 15 is 0 Å². The number of fused-ring (bicyclic) bond motifs is 1. The predicted molar refractivity (Wildman–Crippen MR) is 89.2 cm³/mol. The molecule has 0 N–H and O–H groups in total. The van der Waals surface area contributed by atoms with Crippen LogP contribution in [0.2, 0.25) is 0 Å². The molecular formula is C19H12FN3O. The van der Waals surface area contributed by atoms with Crippen molar-refractivity contribution in [1.82, 2.24) is 15.0 Å². The molecule has 0 saturated carbocycles. The Kier molecular flexibility index (Phi) is 3.59. The lowest BCUT2D eigenvalue weighted by Crippen LogP contribution is -1.94. The Morgan fingerprint density at radius 2 is 1.71 bits per heavy atom. The van der Waals surface area contributed by atoms with E-state index in [4.69, 9.17) is 4.74 Å². The van der Waals surface area contributed by atoms with Crippen molar-refractivity contribution in [2.24, 2.45) is 0 Å². The van der Waals surface area contributed by atoms with Gasteiger partial charge in [0.1, 0.15) is 17.3 Å². The summed E-state index contributed by atoms with van der Waals surface area (Å²) >= 11 is 0. The van der Waals surface area contributed by atoms with Crippen LogP contribution in [-0.4, -0.2) is 15.0 Å². The Balaban J connectivity index is 1.68. The second kappa shape index (κ2) is 6.04. The predicted octanol–water partition coefficient (Wildman–Crippen LogP) is 4.62. The zero-order chi connectivity index (χ0) is 16.4. The minimum Gasteiger partial charge on any atom is -0.439 e. The quantitative estimate of drug-likeness (QED) is 0.553. The molecule has 0 radical (unpaired) electrons. The van der Waals surface area contributed by atoms with Crippen molar-refractivity contribution >= 4 is 10.9 Å². The molecule has 4 nitrogen and oxygen atoms in total. The molecule has 0 aliphatic heterocycles. The van der Waals surface area contributed by atoms with Crippen molar-refractivity contribution in [2.75, 3.05) is 0 Å². The van der Waals surface area contributed by atoms with E-state index in [1.54, 1.807) is 30.5 Å². The third kappa shape index (κ3) is 2.92. The minimum atomic E-state index is -0.360. The first-order valence-electron chi connectivity index (χ1n) is 7.40. The Bertz CT molecular complexity index is 1020. The first kappa shape index (κ1) is 14.3.